The van der Waals surface area contributed by atoms with Crippen LogP contribution in [0, 0.1) is 5.92 Å². The number of ether oxygens (including phenoxy) is 1. The van der Waals surface area contributed by atoms with E-state index in [1.54, 1.807) is 6.20 Å². The number of halogens is 1. The van der Waals surface area contributed by atoms with E-state index in [1.807, 2.05) is 36.4 Å². The predicted molar refractivity (Wildman–Crippen MR) is 80.7 cm³/mol. The maximum atomic E-state index is 10.6. The van der Waals surface area contributed by atoms with Gasteiger partial charge in [0.15, 0.2) is 0 Å². The highest BCUT2D eigenvalue weighted by Crippen LogP contribution is 2.42. The molecule has 1 aliphatic heterocycles. The monoisotopic (exact) mass is 333 g/mol. The van der Waals surface area contributed by atoms with Gasteiger partial charge >= 0.3 is 0 Å². The number of fused-ring (bicyclic) bond motifs is 1. The van der Waals surface area contributed by atoms with Crippen LogP contribution in [-0.2, 0) is 0 Å². The number of aliphatic hydroxyl groups excluding tert-OH is 1. The molecule has 1 aromatic carbocycles. The number of rotatable bonds is 2. The van der Waals surface area contributed by atoms with Crippen molar-refractivity contribution in [2.75, 3.05) is 6.61 Å². The number of aromatic nitrogens is 1. The smallest absolute Gasteiger partial charge is 0.126 e. The highest BCUT2D eigenvalue weighted by atomic mass is 79.9. The molecule has 2 aromatic rings. The molecule has 0 amide bonds. The number of benzene rings is 1. The van der Waals surface area contributed by atoms with Crippen LogP contribution in [0.15, 0.2) is 47.1 Å². The summed E-state index contributed by atoms with van der Waals surface area (Å²) in [5.41, 5.74) is 1.84. The fourth-order valence-corrected chi connectivity index (χ4v) is 3.01. The molecule has 0 saturated carbocycles. The molecule has 0 spiro atoms. The average molecular weight is 334 g/mol. The zero-order valence-electron chi connectivity index (χ0n) is 11.2. The highest BCUT2D eigenvalue weighted by Gasteiger charge is 2.34. The van der Waals surface area contributed by atoms with Crippen molar-refractivity contribution in [2.45, 2.75) is 18.9 Å². The molecule has 0 radical (unpaired) electrons. The molecule has 4 heteroatoms. The Morgan fingerprint density at radius 3 is 2.95 bits per heavy atom. The Hall–Kier alpha value is -1.39. The number of hydrogen-bond acceptors (Lipinski definition) is 3. The molecule has 1 aliphatic rings. The fraction of sp³-hybridized carbons (Fsp3) is 0.312. The molecule has 0 bridgehead atoms. The van der Waals surface area contributed by atoms with E-state index < -0.39 is 6.10 Å². The van der Waals surface area contributed by atoms with Gasteiger partial charge in [-0.05, 0) is 24.3 Å². The largest absolute Gasteiger partial charge is 0.493 e. The molecular formula is C16H16BrNO2. The van der Waals surface area contributed by atoms with Crippen molar-refractivity contribution < 1.29 is 9.84 Å². The SMILES string of the molecule is CC(c1ccccn1)C1COc2cc(Br)ccc2C1O. The molecule has 20 heavy (non-hydrogen) atoms. The molecule has 104 valence electrons. The molecule has 3 unspecified atom stereocenters. The van der Waals surface area contributed by atoms with Gasteiger partial charge in [-0.3, -0.25) is 4.98 Å². The van der Waals surface area contributed by atoms with Crippen LogP contribution in [0.2, 0.25) is 0 Å². The molecule has 0 aliphatic carbocycles. The minimum atomic E-state index is -0.524. The second-order valence-electron chi connectivity index (χ2n) is 5.15. The van der Waals surface area contributed by atoms with Crippen LogP contribution in [0.25, 0.3) is 0 Å². The Kier molecular flexibility index (Phi) is 3.76. The average Bonchev–Trinajstić information content (AvgIpc) is 2.48. The molecule has 1 N–H and O–H groups in total. The lowest BCUT2D eigenvalue weighted by molar-refractivity contribution is 0.0378. The van der Waals surface area contributed by atoms with Crippen LogP contribution in [0.1, 0.15) is 30.2 Å². The Labute approximate surface area is 126 Å². The van der Waals surface area contributed by atoms with E-state index in [0.717, 1.165) is 21.5 Å². The van der Waals surface area contributed by atoms with Crippen LogP contribution in [0.4, 0.5) is 0 Å². The Balaban J connectivity index is 1.88. The predicted octanol–water partition coefficient (Wildman–Crippen LogP) is 3.69. The van der Waals surface area contributed by atoms with Gasteiger partial charge in [0.1, 0.15) is 5.75 Å². The fourth-order valence-electron chi connectivity index (χ4n) is 2.67. The van der Waals surface area contributed by atoms with Crippen molar-refractivity contribution in [1.29, 1.82) is 0 Å². The van der Waals surface area contributed by atoms with Gasteiger partial charge in [0.2, 0.25) is 0 Å². The molecule has 1 aromatic heterocycles. The van der Waals surface area contributed by atoms with E-state index >= 15 is 0 Å². The third-order valence-corrected chi connectivity index (χ3v) is 4.42. The van der Waals surface area contributed by atoms with E-state index in [9.17, 15) is 5.11 Å². The van der Waals surface area contributed by atoms with Crippen molar-refractivity contribution >= 4 is 15.9 Å². The molecular weight excluding hydrogens is 318 g/mol. The summed E-state index contributed by atoms with van der Waals surface area (Å²) >= 11 is 3.42. The lowest BCUT2D eigenvalue weighted by Crippen LogP contribution is -2.30. The van der Waals surface area contributed by atoms with Crippen molar-refractivity contribution in [3.8, 4) is 5.75 Å². The summed E-state index contributed by atoms with van der Waals surface area (Å²) < 4.78 is 6.77. The third kappa shape index (κ3) is 2.45. The summed E-state index contributed by atoms with van der Waals surface area (Å²) in [5, 5.41) is 10.6. The summed E-state index contributed by atoms with van der Waals surface area (Å²) in [6, 6.07) is 11.6. The highest BCUT2D eigenvalue weighted by molar-refractivity contribution is 9.10. The van der Waals surface area contributed by atoms with Crippen LogP contribution >= 0.6 is 15.9 Å². The van der Waals surface area contributed by atoms with Gasteiger partial charge in [0, 0.05) is 33.8 Å². The van der Waals surface area contributed by atoms with Crippen LogP contribution in [0.5, 0.6) is 5.75 Å². The first-order chi connectivity index (χ1) is 9.66. The molecule has 3 nitrogen and oxygen atoms in total. The molecule has 0 saturated heterocycles. The van der Waals surface area contributed by atoms with Gasteiger partial charge < -0.3 is 9.84 Å². The summed E-state index contributed by atoms with van der Waals surface area (Å²) in [5.74, 6) is 0.915. The van der Waals surface area contributed by atoms with Gasteiger partial charge in [-0.25, -0.2) is 0 Å². The number of hydrogen-bond donors (Lipinski definition) is 1. The van der Waals surface area contributed by atoms with E-state index in [0.29, 0.717) is 6.61 Å². The lowest BCUT2D eigenvalue weighted by Gasteiger charge is -2.34. The zero-order chi connectivity index (χ0) is 14.1. The topological polar surface area (TPSA) is 42.4 Å². The van der Waals surface area contributed by atoms with Gasteiger partial charge in [0.25, 0.3) is 0 Å². The third-order valence-electron chi connectivity index (χ3n) is 3.93. The first kappa shape index (κ1) is 13.6. The second-order valence-corrected chi connectivity index (χ2v) is 6.06. The van der Waals surface area contributed by atoms with E-state index in [2.05, 4.69) is 27.8 Å². The summed E-state index contributed by atoms with van der Waals surface area (Å²) in [4.78, 5) is 4.38. The number of aliphatic hydroxyl groups is 1. The van der Waals surface area contributed by atoms with Gasteiger partial charge in [0.05, 0.1) is 12.7 Å². The van der Waals surface area contributed by atoms with Crippen molar-refractivity contribution in [1.82, 2.24) is 4.98 Å². The Bertz CT molecular complexity index is 603. The quantitative estimate of drug-likeness (QED) is 0.911. The maximum absolute atomic E-state index is 10.6. The molecule has 3 rings (SSSR count). The Morgan fingerprint density at radius 2 is 2.20 bits per heavy atom. The minimum absolute atomic E-state index is 0.0126. The Morgan fingerprint density at radius 1 is 1.35 bits per heavy atom. The second kappa shape index (κ2) is 5.54. The molecule has 2 heterocycles. The van der Waals surface area contributed by atoms with Crippen molar-refractivity contribution in [2.24, 2.45) is 5.92 Å². The maximum Gasteiger partial charge on any atom is 0.126 e. The van der Waals surface area contributed by atoms with Gasteiger partial charge in [-0.1, -0.05) is 35.0 Å². The van der Waals surface area contributed by atoms with Gasteiger partial charge in [-0.15, -0.1) is 0 Å². The first-order valence-electron chi connectivity index (χ1n) is 6.68. The van der Waals surface area contributed by atoms with Gasteiger partial charge in [-0.2, -0.15) is 0 Å². The normalized spacial score (nSPS) is 22.8. The minimum Gasteiger partial charge on any atom is -0.493 e. The lowest BCUT2D eigenvalue weighted by atomic mass is 9.82. The summed E-state index contributed by atoms with van der Waals surface area (Å²) in [6.45, 7) is 2.59. The van der Waals surface area contributed by atoms with Crippen LogP contribution in [0.3, 0.4) is 0 Å². The van der Waals surface area contributed by atoms with Crippen LogP contribution < -0.4 is 4.74 Å². The molecule has 3 atom stereocenters. The van der Waals surface area contributed by atoms with E-state index in [1.165, 1.54) is 0 Å². The van der Waals surface area contributed by atoms with E-state index in [4.69, 9.17) is 4.74 Å². The van der Waals surface area contributed by atoms with Crippen LogP contribution in [-0.4, -0.2) is 16.7 Å². The van der Waals surface area contributed by atoms with E-state index in [-0.39, 0.29) is 11.8 Å². The first-order valence-corrected chi connectivity index (χ1v) is 7.47. The molecule has 0 fully saturated rings. The summed E-state index contributed by atoms with van der Waals surface area (Å²) in [7, 11) is 0. The zero-order valence-corrected chi connectivity index (χ0v) is 12.7. The number of nitrogens with zero attached hydrogens (tertiary/aromatic N) is 1. The van der Waals surface area contributed by atoms with Crippen molar-refractivity contribution in [3.63, 3.8) is 0 Å². The summed E-state index contributed by atoms with van der Waals surface area (Å²) in [6.07, 6.45) is 1.26. The van der Waals surface area contributed by atoms with Crippen molar-refractivity contribution in [3.05, 3.63) is 58.3 Å². The standard InChI is InChI=1S/C16H16BrNO2/c1-10(14-4-2-3-7-18-14)13-9-20-15-8-11(17)5-6-12(15)16(13)19/h2-8,10,13,16,19H,9H2,1H3. The number of pyridine rings is 1.